The van der Waals surface area contributed by atoms with Crippen LogP contribution in [0.3, 0.4) is 0 Å². The van der Waals surface area contributed by atoms with E-state index in [1.165, 1.54) is 40.9 Å². The van der Waals surface area contributed by atoms with Crippen molar-refractivity contribution in [1.29, 1.82) is 0 Å². The maximum atomic E-state index is 11.1. The molecular formula is C22H24N2O2. The van der Waals surface area contributed by atoms with E-state index in [1.807, 2.05) is 12.1 Å². The predicted octanol–water partition coefficient (Wildman–Crippen LogP) is 3.99. The number of carbonyl (C=O) groups excluding carboxylic acids is 1. The third-order valence-electron chi connectivity index (χ3n) is 4.50. The van der Waals surface area contributed by atoms with Gasteiger partial charge in [0.2, 0.25) is 0 Å². The number of H-pyrrole nitrogens is 1. The van der Waals surface area contributed by atoms with Crippen molar-refractivity contribution in [3.63, 3.8) is 0 Å². The summed E-state index contributed by atoms with van der Waals surface area (Å²) in [6, 6.07) is 16.6. The van der Waals surface area contributed by atoms with Gasteiger partial charge in [-0.25, -0.2) is 4.79 Å². The standard InChI is InChI=1S/C22H24N2O2/c1-16-19(20-5-3-4-6-21(20)24-16)13-14-23-15-18-9-7-17(8-10-18)11-12-22(25)26-2/h3-12,23-24H,13-15H2,1-2H3. The van der Waals surface area contributed by atoms with Crippen LogP contribution < -0.4 is 5.32 Å². The molecule has 2 N–H and O–H groups in total. The van der Waals surface area contributed by atoms with E-state index < -0.39 is 0 Å². The summed E-state index contributed by atoms with van der Waals surface area (Å²) in [4.78, 5) is 14.6. The molecule has 26 heavy (non-hydrogen) atoms. The molecule has 0 atom stereocenters. The smallest absolute Gasteiger partial charge is 0.330 e. The lowest BCUT2D eigenvalue weighted by atomic mass is 10.1. The fourth-order valence-corrected chi connectivity index (χ4v) is 3.08. The van der Waals surface area contributed by atoms with Crippen LogP contribution in [0.4, 0.5) is 0 Å². The number of fused-ring (bicyclic) bond motifs is 1. The lowest BCUT2D eigenvalue weighted by Crippen LogP contribution is -2.16. The minimum absolute atomic E-state index is 0.344. The summed E-state index contributed by atoms with van der Waals surface area (Å²) in [6.07, 6.45) is 4.18. The van der Waals surface area contributed by atoms with Crippen LogP contribution in [0.2, 0.25) is 0 Å². The second-order valence-electron chi connectivity index (χ2n) is 6.30. The first-order valence-corrected chi connectivity index (χ1v) is 8.79. The minimum Gasteiger partial charge on any atom is -0.466 e. The topological polar surface area (TPSA) is 54.1 Å². The summed E-state index contributed by atoms with van der Waals surface area (Å²) in [5.41, 5.74) is 6.03. The van der Waals surface area contributed by atoms with Gasteiger partial charge in [-0.2, -0.15) is 0 Å². The zero-order chi connectivity index (χ0) is 18.4. The Kier molecular flexibility index (Phi) is 5.87. The molecule has 3 aromatic rings. The summed E-state index contributed by atoms with van der Waals surface area (Å²) < 4.78 is 4.59. The van der Waals surface area contributed by atoms with Crippen LogP contribution in [0.5, 0.6) is 0 Å². The third-order valence-corrected chi connectivity index (χ3v) is 4.50. The lowest BCUT2D eigenvalue weighted by Gasteiger charge is -2.06. The number of aryl methyl sites for hydroxylation is 1. The Morgan fingerprint density at radius 1 is 1.15 bits per heavy atom. The molecule has 0 aliphatic rings. The van der Waals surface area contributed by atoms with Crippen LogP contribution in [0.25, 0.3) is 17.0 Å². The first-order chi connectivity index (χ1) is 12.7. The quantitative estimate of drug-likeness (QED) is 0.386. The molecule has 3 rings (SSSR count). The van der Waals surface area contributed by atoms with Gasteiger partial charge < -0.3 is 15.0 Å². The molecule has 0 saturated carbocycles. The van der Waals surface area contributed by atoms with Crippen LogP contribution in [-0.4, -0.2) is 24.6 Å². The number of hydrogen-bond acceptors (Lipinski definition) is 3. The highest BCUT2D eigenvalue weighted by molar-refractivity contribution is 5.87. The zero-order valence-electron chi connectivity index (χ0n) is 15.2. The molecule has 1 aromatic heterocycles. The summed E-state index contributed by atoms with van der Waals surface area (Å²) in [7, 11) is 1.37. The number of ether oxygens (including phenoxy) is 1. The number of esters is 1. The van der Waals surface area contributed by atoms with Crippen LogP contribution in [0.15, 0.2) is 54.6 Å². The highest BCUT2D eigenvalue weighted by Gasteiger charge is 2.07. The van der Waals surface area contributed by atoms with Crippen molar-refractivity contribution < 1.29 is 9.53 Å². The van der Waals surface area contributed by atoms with E-state index >= 15 is 0 Å². The number of aromatic nitrogens is 1. The van der Waals surface area contributed by atoms with E-state index in [2.05, 4.69) is 58.4 Å². The largest absolute Gasteiger partial charge is 0.466 e. The monoisotopic (exact) mass is 348 g/mol. The number of hydrogen-bond donors (Lipinski definition) is 2. The summed E-state index contributed by atoms with van der Waals surface area (Å²) in [5, 5.41) is 4.82. The fraction of sp³-hybridized carbons (Fsp3) is 0.227. The van der Waals surface area contributed by atoms with Crippen molar-refractivity contribution in [2.45, 2.75) is 19.9 Å². The molecule has 1 heterocycles. The van der Waals surface area contributed by atoms with Gasteiger partial charge in [0.1, 0.15) is 0 Å². The Morgan fingerprint density at radius 3 is 2.69 bits per heavy atom. The number of carbonyl (C=O) groups is 1. The van der Waals surface area contributed by atoms with Crippen LogP contribution in [0, 0.1) is 6.92 Å². The SMILES string of the molecule is COC(=O)C=Cc1ccc(CNCCc2c(C)[nH]c3ccccc23)cc1. The third kappa shape index (κ3) is 4.41. The summed E-state index contributed by atoms with van der Waals surface area (Å²) in [6.45, 7) is 3.88. The van der Waals surface area contributed by atoms with Crippen molar-refractivity contribution in [3.8, 4) is 0 Å². The number of benzene rings is 2. The van der Waals surface area contributed by atoms with Crippen molar-refractivity contribution in [2.24, 2.45) is 0 Å². The molecule has 0 aliphatic heterocycles. The second kappa shape index (κ2) is 8.50. The number of nitrogens with one attached hydrogen (secondary N) is 2. The summed E-state index contributed by atoms with van der Waals surface area (Å²) in [5.74, 6) is -0.344. The normalized spacial score (nSPS) is 11.3. The van der Waals surface area contributed by atoms with Gasteiger partial charge in [-0.15, -0.1) is 0 Å². The second-order valence-corrected chi connectivity index (χ2v) is 6.30. The molecule has 2 aromatic carbocycles. The van der Waals surface area contributed by atoms with E-state index in [0.29, 0.717) is 0 Å². The highest BCUT2D eigenvalue weighted by Crippen LogP contribution is 2.21. The molecule has 0 aliphatic carbocycles. The van der Waals surface area contributed by atoms with E-state index in [1.54, 1.807) is 6.08 Å². The maximum Gasteiger partial charge on any atom is 0.330 e. The molecule has 0 bridgehead atoms. The lowest BCUT2D eigenvalue weighted by molar-refractivity contribution is -0.134. The Hall–Kier alpha value is -2.85. The average Bonchev–Trinajstić information content (AvgIpc) is 2.99. The van der Waals surface area contributed by atoms with E-state index in [4.69, 9.17) is 0 Å². The fourth-order valence-electron chi connectivity index (χ4n) is 3.08. The van der Waals surface area contributed by atoms with Gasteiger partial charge in [0.25, 0.3) is 0 Å². The van der Waals surface area contributed by atoms with Crippen LogP contribution in [-0.2, 0) is 22.5 Å². The van der Waals surface area contributed by atoms with Gasteiger partial charge in [0, 0.05) is 29.2 Å². The molecule has 0 unspecified atom stereocenters. The molecule has 0 spiro atoms. The molecule has 134 valence electrons. The molecule has 0 radical (unpaired) electrons. The number of para-hydroxylation sites is 1. The van der Waals surface area contributed by atoms with Crippen LogP contribution >= 0.6 is 0 Å². The van der Waals surface area contributed by atoms with Crippen molar-refractivity contribution in [2.75, 3.05) is 13.7 Å². The van der Waals surface area contributed by atoms with E-state index in [9.17, 15) is 4.79 Å². The zero-order valence-corrected chi connectivity index (χ0v) is 15.2. The molecule has 0 fully saturated rings. The average molecular weight is 348 g/mol. The molecule has 0 amide bonds. The van der Waals surface area contributed by atoms with Gasteiger partial charge in [-0.3, -0.25) is 0 Å². The van der Waals surface area contributed by atoms with E-state index in [0.717, 1.165) is 25.1 Å². The van der Waals surface area contributed by atoms with Crippen molar-refractivity contribution in [3.05, 3.63) is 77.0 Å². The molecule has 4 heteroatoms. The highest BCUT2D eigenvalue weighted by atomic mass is 16.5. The maximum absolute atomic E-state index is 11.1. The number of methoxy groups -OCH3 is 1. The first-order valence-electron chi connectivity index (χ1n) is 8.79. The Balaban J connectivity index is 1.51. The molecule has 4 nitrogen and oxygen atoms in total. The Bertz CT molecular complexity index is 908. The van der Waals surface area contributed by atoms with Gasteiger partial charge >= 0.3 is 5.97 Å². The van der Waals surface area contributed by atoms with Gasteiger partial charge in [-0.1, -0.05) is 42.5 Å². The Labute approximate surface area is 153 Å². The van der Waals surface area contributed by atoms with Crippen LogP contribution in [0.1, 0.15) is 22.4 Å². The van der Waals surface area contributed by atoms with Gasteiger partial charge in [0.05, 0.1) is 7.11 Å². The van der Waals surface area contributed by atoms with Crippen molar-refractivity contribution >= 4 is 22.9 Å². The molecule has 0 saturated heterocycles. The minimum atomic E-state index is -0.344. The van der Waals surface area contributed by atoms with Crippen molar-refractivity contribution in [1.82, 2.24) is 10.3 Å². The predicted molar refractivity (Wildman–Crippen MR) is 106 cm³/mol. The first kappa shape index (κ1) is 18.0. The Morgan fingerprint density at radius 2 is 1.92 bits per heavy atom. The molecular weight excluding hydrogens is 324 g/mol. The number of rotatable bonds is 7. The van der Waals surface area contributed by atoms with Gasteiger partial charge in [-0.05, 0) is 48.7 Å². The van der Waals surface area contributed by atoms with E-state index in [-0.39, 0.29) is 5.97 Å². The number of aromatic amines is 1. The van der Waals surface area contributed by atoms with Gasteiger partial charge in [0.15, 0.2) is 0 Å². The summed E-state index contributed by atoms with van der Waals surface area (Å²) >= 11 is 0.